The second-order valence-electron chi connectivity index (χ2n) is 8.32. The number of nitrogens with zero attached hydrogens (tertiary/aromatic N) is 3. The number of hydrogen-bond acceptors (Lipinski definition) is 5. The quantitative estimate of drug-likeness (QED) is 0.591. The molecule has 1 amide bonds. The normalized spacial score (nSPS) is 14.7. The second kappa shape index (κ2) is 9.41. The highest BCUT2D eigenvalue weighted by Crippen LogP contribution is 2.19. The average Bonchev–Trinajstić information content (AvgIpc) is 3.11. The fraction of sp³-hybridized carbons (Fsp3) is 0.348. The van der Waals surface area contributed by atoms with Crippen molar-refractivity contribution >= 4 is 32.5 Å². The van der Waals surface area contributed by atoms with Gasteiger partial charge in [-0.25, -0.2) is 17.6 Å². The highest BCUT2D eigenvalue weighted by atomic mass is 32.2. The summed E-state index contributed by atoms with van der Waals surface area (Å²) in [5.41, 5.74) is -0.988. The van der Waals surface area contributed by atoms with Gasteiger partial charge in [0.25, 0.3) is 15.6 Å². The van der Waals surface area contributed by atoms with Crippen LogP contribution in [0.15, 0.2) is 56.9 Å². The topological polar surface area (TPSA) is 110 Å². The molecule has 9 nitrogen and oxygen atoms in total. The summed E-state index contributed by atoms with van der Waals surface area (Å²) in [7, 11) is -2.64. The molecule has 1 aliphatic heterocycles. The molecule has 0 bridgehead atoms. The Kier molecular flexibility index (Phi) is 6.56. The molecule has 1 fully saturated rings. The van der Waals surface area contributed by atoms with E-state index in [0.717, 1.165) is 42.4 Å². The molecule has 34 heavy (non-hydrogen) atoms. The summed E-state index contributed by atoms with van der Waals surface area (Å²) < 4.78 is 43.2. The first-order valence-electron chi connectivity index (χ1n) is 11.0. The Balaban J connectivity index is 1.72. The van der Waals surface area contributed by atoms with Gasteiger partial charge in [-0.05, 0) is 55.3 Å². The van der Waals surface area contributed by atoms with Gasteiger partial charge in [0.2, 0.25) is 5.91 Å². The van der Waals surface area contributed by atoms with E-state index in [0.29, 0.717) is 13.1 Å². The lowest BCUT2D eigenvalue weighted by Crippen LogP contribution is -2.44. The number of likely N-dealkylation sites (tertiary alicyclic amines) is 1. The lowest BCUT2D eigenvalue weighted by molar-refractivity contribution is -0.131. The number of anilines is 1. The lowest BCUT2D eigenvalue weighted by Gasteiger charge is -2.21. The van der Waals surface area contributed by atoms with Gasteiger partial charge in [-0.3, -0.25) is 23.4 Å². The number of aryl methyl sites for hydroxylation is 1. The largest absolute Gasteiger partial charge is 0.341 e. The minimum absolute atomic E-state index is 0.00672. The van der Waals surface area contributed by atoms with E-state index in [-0.39, 0.29) is 27.4 Å². The van der Waals surface area contributed by atoms with E-state index < -0.39 is 33.6 Å². The highest BCUT2D eigenvalue weighted by Gasteiger charge is 2.21. The van der Waals surface area contributed by atoms with Crippen LogP contribution in [0.5, 0.6) is 0 Å². The maximum Gasteiger partial charge on any atom is 0.331 e. The summed E-state index contributed by atoms with van der Waals surface area (Å²) >= 11 is 0. The summed E-state index contributed by atoms with van der Waals surface area (Å²) in [6.45, 7) is 0.754. The van der Waals surface area contributed by atoms with E-state index in [1.54, 1.807) is 4.90 Å². The second-order valence-corrected chi connectivity index (χ2v) is 10.0. The number of hydrogen-bond donors (Lipinski definition) is 1. The van der Waals surface area contributed by atoms with Crippen LogP contribution in [0.25, 0.3) is 10.9 Å². The van der Waals surface area contributed by atoms with Crippen LogP contribution in [0.4, 0.5) is 10.1 Å². The number of rotatable bonds is 5. The van der Waals surface area contributed by atoms with Crippen molar-refractivity contribution in [2.45, 2.75) is 37.1 Å². The third-order valence-electron chi connectivity index (χ3n) is 5.98. The van der Waals surface area contributed by atoms with Crippen LogP contribution in [0.2, 0.25) is 0 Å². The minimum atomic E-state index is -4.10. The molecule has 180 valence electrons. The molecule has 11 heteroatoms. The molecule has 0 spiro atoms. The molecule has 2 heterocycles. The molecule has 0 radical (unpaired) electrons. The Bertz CT molecular complexity index is 1450. The number of carbonyl (C=O) groups is 1. The fourth-order valence-corrected chi connectivity index (χ4v) is 5.17. The standard InChI is InChI=1S/C23H25FN4O5S/c1-26-20-11-10-18(34(32,33)25-17-8-6-16(24)7-9-17)14-19(20)22(30)28(23(26)31)15-21(29)27-12-4-2-3-5-13-27/h6-11,14,25H,2-5,12-13,15H2,1H3. The van der Waals surface area contributed by atoms with Crippen molar-refractivity contribution in [3.63, 3.8) is 0 Å². The number of halogens is 1. The Morgan fingerprint density at radius 3 is 2.29 bits per heavy atom. The molecule has 0 aliphatic carbocycles. The Morgan fingerprint density at radius 1 is 1.00 bits per heavy atom. The fourth-order valence-electron chi connectivity index (χ4n) is 4.09. The molecule has 0 unspecified atom stereocenters. The average molecular weight is 489 g/mol. The van der Waals surface area contributed by atoms with Crippen molar-refractivity contribution in [2.75, 3.05) is 17.8 Å². The van der Waals surface area contributed by atoms with Crippen molar-refractivity contribution in [1.82, 2.24) is 14.0 Å². The molecule has 4 rings (SSSR count). The summed E-state index contributed by atoms with van der Waals surface area (Å²) in [4.78, 5) is 40.3. The molecule has 3 aromatic rings. The van der Waals surface area contributed by atoms with Crippen LogP contribution in [-0.2, 0) is 28.4 Å². The Hall–Kier alpha value is -3.47. The van der Waals surface area contributed by atoms with Gasteiger partial charge < -0.3 is 4.90 Å². The first kappa shape index (κ1) is 23.7. The molecule has 2 aromatic carbocycles. The van der Waals surface area contributed by atoms with Crippen LogP contribution >= 0.6 is 0 Å². The first-order valence-corrected chi connectivity index (χ1v) is 12.5. The van der Waals surface area contributed by atoms with Crippen LogP contribution in [0.1, 0.15) is 25.7 Å². The SMILES string of the molecule is Cn1c(=O)n(CC(=O)N2CCCCCC2)c(=O)c2cc(S(=O)(=O)Nc3ccc(F)cc3)ccc21. The molecule has 0 atom stereocenters. The summed E-state index contributed by atoms with van der Waals surface area (Å²) in [6.07, 6.45) is 3.81. The van der Waals surface area contributed by atoms with E-state index >= 15 is 0 Å². The zero-order valence-electron chi connectivity index (χ0n) is 18.7. The summed E-state index contributed by atoms with van der Waals surface area (Å²) in [5, 5.41) is -0.00672. The van der Waals surface area contributed by atoms with Gasteiger partial charge in [-0.1, -0.05) is 12.8 Å². The number of sulfonamides is 1. The summed E-state index contributed by atoms with van der Waals surface area (Å²) in [5.74, 6) is -0.827. The van der Waals surface area contributed by atoms with Crippen molar-refractivity contribution in [1.29, 1.82) is 0 Å². The molecule has 1 N–H and O–H groups in total. The number of aromatic nitrogens is 2. The van der Waals surface area contributed by atoms with Gasteiger partial charge in [-0.2, -0.15) is 0 Å². The van der Waals surface area contributed by atoms with Gasteiger partial charge in [0, 0.05) is 25.8 Å². The van der Waals surface area contributed by atoms with Crippen molar-refractivity contribution in [2.24, 2.45) is 7.05 Å². The zero-order valence-corrected chi connectivity index (χ0v) is 19.5. The van der Waals surface area contributed by atoms with E-state index in [9.17, 15) is 27.2 Å². The van der Waals surface area contributed by atoms with Crippen molar-refractivity contribution in [3.8, 4) is 0 Å². The van der Waals surface area contributed by atoms with Gasteiger partial charge >= 0.3 is 5.69 Å². The minimum Gasteiger partial charge on any atom is -0.341 e. The first-order chi connectivity index (χ1) is 16.2. The highest BCUT2D eigenvalue weighted by molar-refractivity contribution is 7.92. The molecule has 1 saturated heterocycles. The van der Waals surface area contributed by atoms with E-state index in [2.05, 4.69) is 4.72 Å². The molecule has 1 aliphatic rings. The lowest BCUT2D eigenvalue weighted by atomic mass is 10.2. The van der Waals surface area contributed by atoms with Crippen LogP contribution < -0.4 is 16.0 Å². The smallest absolute Gasteiger partial charge is 0.331 e. The zero-order chi connectivity index (χ0) is 24.5. The van der Waals surface area contributed by atoms with Gasteiger partial charge in [-0.15, -0.1) is 0 Å². The predicted molar refractivity (Wildman–Crippen MR) is 126 cm³/mol. The van der Waals surface area contributed by atoms with Gasteiger partial charge in [0.05, 0.1) is 15.8 Å². The van der Waals surface area contributed by atoms with Crippen LogP contribution in [0.3, 0.4) is 0 Å². The molecule has 1 aromatic heterocycles. The number of carbonyl (C=O) groups excluding carboxylic acids is 1. The Labute approximate surface area is 195 Å². The summed E-state index contributed by atoms with van der Waals surface area (Å²) in [6, 6.07) is 8.62. The predicted octanol–water partition coefficient (Wildman–Crippen LogP) is 2.04. The molecular weight excluding hydrogens is 463 g/mol. The van der Waals surface area contributed by atoms with Crippen molar-refractivity contribution < 1.29 is 17.6 Å². The maximum atomic E-state index is 13.2. The van der Waals surface area contributed by atoms with Crippen molar-refractivity contribution in [3.05, 3.63) is 69.1 Å². The Morgan fingerprint density at radius 2 is 1.65 bits per heavy atom. The molecular formula is C23H25FN4O5S. The monoisotopic (exact) mass is 488 g/mol. The number of benzene rings is 2. The molecule has 0 saturated carbocycles. The van der Waals surface area contributed by atoms with Gasteiger partial charge in [0.15, 0.2) is 0 Å². The third kappa shape index (κ3) is 4.74. The van der Waals surface area contributed by atoms with Crippen LogP contribution in [0, 0.1) is 5.82 Å². The van der Waals surface area contributed by atoms with E-state index in [1.165, 1.54) is 41.9 Å². The van der Waals surface area contributed by atoms with E-state index in [4.69, 9.17) is 0 Å². The third-order valence-corrected chi connectivity index (χ3v) is 7.36. The maximum absolute atomic E-state index is 13.2. The van der Waals surface area contributed by atoms with Crippen LogP contribution in [-0.4, -0.2) is 41.4 Å². The number of amides is 1. The van der Waals surface area contributed by atoms with E-state index in [1.807, 2.05) is 0 Å². The number of fused-ring (bicyclic) bond motifs is 1. The number of nitrogens with one attached hydrogen (secondary N) is 1. The van der Waals surface area contributed by atoms with Gasteiger partial charge in [0.1, 0.15) is 12.4 Å².